The fourth-order valence-electron chi connectivity index (χ4n) is 2.83. The summed E-state index contributed by atoms with van der Waals surface area (Å²) in [6, 6.07) is 9.50. The van der Waals surface area contributed by atoms with Gasteiger partial charge in [-0.3, -0.25) is 9.59 Å². The number of benzene rings is 2. The Balaban J connectivity index is 1.64. The van der Waals surface area contributed by atoms with Crippen molar-refractivity contribution in [2.45, 2.75) is 12.6 Å². The summed E-state index contributed by atoms with van der Waals surface area (Å²) in [4.78, 5) is 23.9. The van der Waals surface area contributed by atoms with Gasteiger partial charge in [0.2, 0.25) is 11.8 Å². The molecule has 1 aliphatic rings. The molecule has 0 bridgehead atoms. The molecule has 1 atom stereocenters. The highest BCUT2D eigenvalue weighted by Crippen LogP contribution is 2.30. The van der Waals surface area contributed by atoms with Crippen LogP contribution in [-0.2, 0) is 22.2 Å². The van der Waals surface area contributed by atoms with Crippen molar-refractivity contribution in [1.29, 1.82) is 0 Å². The van der Waals surface area contributed by atoms with Gasteiger partial charge in [-0.2, -0.15) is 13.2 Å². The summed E-state index contributed by atoms with van der Waals surface area (Å²) in [5, 5.41) is 14.5. The molecule has 0 saturated heterocycles. The molecule has 0 aliphatic carbocycles. The van der Waals surface area contributed by atoms with Crippen molar-refractivity contribution in [3.63, 3.8) is 0 Å². The van der Waals surface area contributed by atoms with E-state index >= 15 is 0 Å². The normalized spacial score (nSPS) is 16.6. The van der Waals surface area contributed by atoms with E-state index < -0.39 is 23.6 Å². The molecule has 8 heteroatoms. The number of halogens is 3. The number of alkyl halides is 3. The molecule has 2 amide bonds. The smallest absolute Gasteiger partial charge is 0.396 e. The summed E-state index contributed by atoms with van der Waals surface area (Å²) in [7, 11) is 0. The SMILES string of the molecule is O=C(C=Cc1ccc(C(F)(F)F)cc1)Nc1ccc2c(c1)NC(=O)C(CO)C2. The third-order valence-electron chi connectivity index (χ3n) is 4.36. The number of amides is 2. The molecule has 5 nitrogen and oxygen atoms in total. The molecule has 0 fully saturated rings. The fourth-order valence-corrected chi connectivity index (χ4v) is 2.83. The lowest BCUT2D eigenvalue weighted by molar-refractivity contribution is -0.137. The molecule has 3 rings (SSSR count). The lowest BCUT2D eigenvalue weighted by Gasteiger charge is -2.23. The molecule has 2 aromatic rings. The number of hydrogen-bond acceptors (Lipinski definition) is 3. The highest BCUT2D eigenvalue weighted by molar-refractivity contribution is 6.03. The number of nitrogens with one attached hydrogen (secondary N) is 2. The lowest BCUT2D eigenvalue weighted by atomic mass is 9.93. The van der Waals surface area contributed by atoms with Gasteiger partial charge in [0, 0.05) is 17.5 Å². The number of carbonyl (C=O) groups is 2. The maximum Gasteiger partial charge on any atom is 0.416 e. The highest BCUT2D eigenvalue weighted by atomic mass is 19.4. The van der Waals surface area contributed by atoms with Crippen molar-refractivity contribution in [1.82, 2.24) is 0 Å². The summed E-state index contributed by atoms with van der Waals surface area (Å²) >= 11 is 0. The van der Waals surface area contributed by atoms with E-state index in [1.165, 1.54) is 24.3 Å². The van der Waals surface area contributed by atoms with Crippen LogP contribution in [0.4, 0.5) is 24.5 Å². The summed E-state index contributed by atoms with van der Waals surface area (Å²) in [6.45, 7) is -0.238. The van der Waals surface area contributed by atoms with Gasteiger partial charge in [0.05, 0.1) is 18.1 Å². The van der Waals surface area contributed by atoms with Crippen LogP contribution in [0.25, 0.3) is 6.08 Å². The van der Waals surface area contributed by atoms with E-state index in [0.29, 0.717) is 23.4 Å². The van der Waals surface area contributed by atoms with Crippen LogP contribution in [0.3, 0.4) is 0 Å². The lowest BCUT2D eigenvalue weighted by Crippen LogP contribution is -2.32. The maximum atomic E-state index is 12.5. The average Bonchev–Trinajstić information content (AvgIpc) is 2.65. The van der Waals surface area contributed by atoms with Crippen molar-refractivity contribution >= 4 is 29.3 Å². The second kappa shape index (κ2) is 7.85. The van der Waals surface area contributed by atoms with Gasteiger partial charge in [0.1, 0.15) is 0 Å². The highest BCUT2D eigenvalue weighted by Gasteiger charge is 2.29. The quantitative estimate of drug-likeness (QED) is 0.700. The van der Waals surface area contributed by atoms with Crippen LogP contribution < -0.4 is 10.6 Å². The Kier molecular flexibility index (Phi) is 5.51. The van der Waals surface area contributed by atoms with Crippen LogP contribution >= 0.6 is 0 Å². The van der Waals surface area contributed by atoms with Gasteiger partial charge in [0.25, 0.3) is 0 Å². The molecule has 3 N–H and O–H groups in total. The predicted octanol–water partition coefficient (Wildman–Crippen LogP) is 3.46. The standard InChI is InChI=1S/C20H17F3N2O3/c21-20(22,23)15-5-1-12(2-6-15)3-8-18(27)24-16-7-4-13-9-14(11-26)19(28)25-17(13)10-16/h1-8,10,14,26H,9,11H2,(H,24,27)(H,25,28). The molecular weight excluding hydrogens is 373 g/mol. The maximum absolute atomic E-state index is 12.5. The summed E-state index contributed by atoms with van der Waals surface area (Å²) < 4.78 is 37.6. The van der Waals surface area contributed by atoms with E-state index in [0.717, 1.165) is 17.7 Å². The van der Waals surface area contributed by atoms with Crippen molar-refractivity contribution in [2.75, 3.05) is 17.2 Å². The van der Waals surface area contributed by atoms with E-state index in [2.05, 4.69) is 10.6 Å². The Morgan fingerprint density at radius 3 is 2.57 bits per heavy atom. The van der Waals surface area contributed by atoms with Gasteiger partial charge >= 0.3 is 6.18 Å². The Morgan fingerprint density at radius 2 is 1.93 bits per heavy atom. The molecule has 0 saturated carbocycles. The van der Waals surface area contributed by atoms with Gasteiger partial charge in [-0.05, 0) is 47.9 Å². The number of anilines is 2. The molecule has 2 aromatic carbocycles. The second-order valence-electron chi connectivity index (χ2n) is 6.39. The summed E-state index contributed by atoms with van der Waals surface area (Å²) in [5.41, 5.74) is 1.59. The van der Waals surface area contributed by atoms with E-state index in [1.54, 1.807) is 18.2 Å². The van der Waals surface area contributed by atoms with Gasteiger partial charge in [-0.15, -0.1) is 0 Å². The van der Waals surface area contributed by atoms with Gasteiger partial charge in [-0.1, -0.05) is 18.2 Å². The number of aliphatic hydroxyl groups is 1. The van der Waals surface area contributed by atoms with Gasteiger partial charge in [-0.25, -0.2) is 0 Å². The third-order valence-corrected chi connectivity index (χ3v) is 4.36. The largest absolute Gasteiger partial charge is 0.416 e. The van der Waals surface area contributed by atoms with E-state index in [-0.39, 0.29) is 12.5 Å². The van der Waals surface area contributed by atoms with Crippen LogP contribution in [0, 0.1) is 5.92 Å². The van der Waals surface area contributed by atoms with Crippen LogP contribution in [0.2, 0.25) is 0 Å². The molecule has 146 valence electrons. The first kappa shape index (κ1) is 19.6. The molecule has 1 heterocycles. The Hall–Kier alpha value is -3.13. The zero-order valence-electron chi connectivity index (χ0n) is 14.6. The van der Waals surface area contributed by atoms with Crippen molar-refractivity contribution in [2.24, 2.45) is 5.92 Å². The Morgan fingerprint density at radius 1 is 1.21 bits per heavy atom. The monoisotopic (exact) mass is 390 g/mol. The number of aliphatic hydroxyl groups excluding tert-OH is 1. The van der Waals surface area contributed by atoms with Crippen molar-refractivity contribution < 1.29 is 27.9 Å². The molecule has 0 aromatic heterocycles. The van der Waals surface area contributed by atoms with E-state index in [4.69, 9.17) is 0 Å². The van der Waals surface area contributed by atoms with Gasteiger partial charge in [0.15, 0.2) is 0 Å². The Bertz CT molecular complexity index is 921. The zero-order chi connectivity index (χ0) is 20.3. The van der Waals surface area contributed by atoms with Crippen LogP contribution in [-0.4, -0.2) is 23.5 Å². The van der Waals surface area contributed by atoms with Gasteiger partial charge < -0.3 is 15.7 Å². The minimum Gasteiger partial charge on any atom is -0.396 e. The first-order chi connectivity index (χ1) is 13.3. The number of rotatable bonds is 4. The van der Waals surface area contributed by atoms with Crippen molar-refractivity contribution in [3.8, 4) is 0 Å². The third kappa shape index (κ3) is 4.58. The molecule has 0 radical (unpaired) electrons. The summed E-state index contributed by atoms with van der Waals surface area (Å²) in [6.07, 6.45) is -1.37. The molecule has 28 heavy (non-hydrogen) atoms. The minimum atomic E-state index is -4.40. The fraction of sp³-hybridized carbons (Fsp3) is 0.200. The molecular formula is C20H17F3N2O3. The molecule has 1 unspecified atom stereocenters. The number of hydrogen-bond donors (Lipinski definition) is 3. The predicted molar refractivity (Wildman–Crippen MR) is 98.5 cm³/mol. The van der Waals surface area contributed by atoms with Crippen LogP contribution in [0.5, 0.6) is 0 Å². The summed E-state index contributed by atoms with van der Waals surface area (Å²) in [5.74, 6) is -1.23. The topological polar surface area (TPSA) is 78.4 Å². The zero-order valence-corrected chi connectivity index (χ0v) is 14.6. The first-order valence-electron chi connectivity index (χ1n) is 8.47. The van der Waals surface area contributed by atoms with E-state index in [1.807, 2.05) is 0 Å². The average molecular weight is 390 g/mol. The second-order valence-corrected chi connectivity index (χ2v) is 6.39. The number of carbonyl (C=O) groups excluding carboxylic acids is 2. The van der Waals surface area contributed by atoms with Crippen molar-refractivity contribution in [3.05, 3.63) is 65.2 Å². The van der Waals surface area contributed by atoms with E-state index in [9.17, 15) is 27.9 Å². The minimum absolute atomic E-state index is 0.238. The molecule has 0 spiro atoms. The Labute approximate surface area is 158 Å². The first-order valence-corrected chi connectivity index (χ1v) is 8.47. The van der Waals surface area contributed by atoms with Crippen LogP contribution in [0.15, 0.2) is 48.5 Å². The molecule has 1 aliphatic heterocycles. The van der Waals surface area contributed by atoms with Crippen LogP contribution in [0.1, 0.15) is 16.7 Å². The number of fused-ring (bicyclic) bond motifs is 1.